The van der Waals surface area contributed by atoms with E-state index in [0.717, 1.165) is 16.5 Å². The molecule has 0 bridgehead atoms. The van der Waals surface area contributed by atoms with Crippen LogP contribution in [0.25, 0.3) is 10.9 Å². The summed E-state index contributed by atoms with van der Waals surface area (Å²) in [4.78, 5) is 27.5. The number of para-hydroxylation sites is 1. The van der Waals surface area contributed by atoms with Gasteiger partial charge in [-0.15, -0.1) is 5.10 Å². The summed E-state index contributed by atoms with van der Waals surface area (Å²) in [6.07, 6.45) is 3.63. The Kier molecular flexibility index (Phi) is 4.84. The van der Waals surface area contributed by atoms with Gasteiger partial charge in [0.25, 0.3) is 0 Å². The fraction of sp³-hybridized carbons (Fsp3) is 0.100. The maximum atomic E-state index is 12.3. The molecule has 4 rings (SSSR count). The van der Waals surface area contributed by atoms with E-state index in [4.69, 9.17) is 0 Å². The smallest absolute Gasteiger partial charge is 0.240 e. The summed E-state index contributed by atoms with van der Waals surface area (Å²) in [5.74, 6) is -0.280. The maximum Gasteiger partial charge on any atom is 0.240 e. The van der Waals surface area contributed by atoms with E-state index in [0.29, 0.717) is 10.7 Å². The van der Waals surface area contributed by atoms with Crippen LogP contribution in [-0.4, -0.2) is 33.3 Å². The molecule has 7 heteroatoms. The number of hydrogen-bond donors (Lipinski definition) is 2. The maximum absolute atomic E-state index is 12.3. The number of Topliss-reactive ketones (excluding diaryl/α,β-unsaturated/α-hetero) is 1. The predicted molar refractivity (Wildman–Crippen MR) is 108 cm³/mol. The van der Waals surface area contributed by atoms with Crippen molar-refractivity contribution >= 4 is 45.7 Å². The Morgan fingerprint density at radius 2 is 1.89 bits per heavy atom. The molecule has 2 N–H and O–H groups in total. The number of amidine groups is 1. The summed E-state index contributed by atoms with van der Waals surface area (Å²) in [5, 5.41) is 11.8. The predicted octanol–water partition coefficient (Wildman–Crippen LogP) is 3.36. The van der Waals surface area contributed by atoms with Crippen molar-refractivity contribution < 1.29 is 9.59 Å². The van der Waals surface area contributed by atoms with Gasteiger partial charge in [-0.3, -0.25) is 9.59 Å². The number of H-pyrrole nitrogens is 1. The van der Waals surface area contributed by atoms with E-state index in [1.54, 1.807) is 30.5 Å². The van der Waals surface area contributed by atoms with Gasteiger partial charge in [0.2, 0.25) is 5.91 Å². The normalized spacial score (nSPS) is 18.4. The molecule has 0 spiro atoms. The highest BCUT2D eigenvalue weighted by Gasteiger charge is 2.32. The van der Waals surface area contributed by atoms with Crippen LogP contribution in [0.1, 0.15) is 22.3 Å². The summed E-state index contributed by atoms with van der Waals surface area (Å²) in [7, 11) is 0. The first-order chi connectivity index (χ1) is 13.2. The molecular formula is C20H16N4O2S. The number of benzene rings is 2. The number of carbonyl (C=O) groups is 2. The summed E-state index contributed by atoms with van der Waals surface area (Å²) in [5.41, 5.74) is 2.54. The largest absolute Gasteiger partial charge is 0.361 e. The summed E-state index contributed by atoms with van der Waals surface area (Å²) >= 11 is 1.23. The van der Waals surface area contributed by atoms with Gasteiger partial charge >= 0.3 is 0 Å². The van der Waals surface area contributed by atoms with Gasteiger partial charge in [-0.2, -0.15) is 5.10 Å². The van der Waals surface area contributed by atoms with Gasteiger partial charge in [0.05, 0.1) is 11.5 Å². The molecule has 0 unspecified atom stereocenters. The van der Waals surface area contributed by atoms with Crippen LogP contribution in [0.15, 0.2) is 71.0 Å². The van der Waals surface area contributed by atoms with Crippen molar-refractivity contribution in [3.05, 3.63) is 71.9 Å². The zero-order valence-electron chi connectivity index (χ0n) is 14.3. The van der Waals surface area contributed by atoms with Crippen molar-refractivity contribution in [1.29, 1.82) is 0 Å². The van der Waals surface area contributed by atoms with Crippen molar-refractivity contribution in [2.75, 3.05) is 0 Å². The molecule has 1 fully saturated rings. The number of rotatable bonds is 5. The Bertz CT molecular complexity index is 1060. The number of nitrogens with zero attached hydrogens (tertiary/aromatic N) is 2. The Balaban J connectivity index is 1.42. The second-order valence-corrected chi connectivity index (χ2v) is 7.22. The average molecular weight is 376 g/mol. The average Bonchev–Trinajstić information content (AvgIpc) is 3.26. The van der Waals surface area contributed by atoms with E-state index in [-0.39, 0.29) is 18.1 Å². The van der Waals surface area contributed by atoms with Gasteiger partial charge in [-0.1, -0.05) is 60.3 Å². The molecule has 0 saturated carbocycles. The number of ketones is 1. The molecule has 3 aromatic rings. The molecule has 27 heavy (non-hydrogen) atoms. The summed E-state index contributed by atoms with van der Waals surface area (Å²) < 4.78 is 0. The van der Waals surface area contributed by atoms with Gasteiger partial charge in [0.15, 0.2) is 11.0 Å². The lowest BCUT2D eigenvalue weighted by molar-refractivity contribution is -0.118. The fourth-order valence-electron chi connectivity index (χ4n) is 2.84. The van der Waals surface area contributed by atoms with Gasteiger partial charge in [0.1, 0.15) is 0 Å². The highest BCUT2D eigenvalue weighted by Crippen LogP contribution is 2.24. The lowest BCUT2D eigenvalue weighted by Gasteiger charge is -2.04. The van der Waals surface area contributed by atoms with Crippen molar-refractivity contribution in [2.24, 2.45) is 10.2 Å². The van der Waals surface area contributed by atoms with E-state index in [9.17, 15) is 9.59 Å². The van der Waals surface area contributed by atoms with E-state index < -0.39 is 5.25 Å². The van der Waals surface area contributed by atoms with Crippen LogP contribution in [0.3, 0.4) is 0 Å². The zero-order valence-corrected chi connectivity index (χ0v) is 15.1. The molecule has 1 aromatic heterocycles. The van der Waals surface area contributed by atoms with Crippen LogP contribution in [0.4, 0.5) is 0 Å². The van der Waals surface area contributed by atoms with E-state index in [1.807, 2.05) is 36.5 Å². The lowest BCUT2D eigenvalue weighted by Crippen LogP contribution is -2.26. The van der Waals surface area contributed by atoms with Gasteiger partial charge in [-0.05, 0) is 6.07 Å². The highest BCUT2D eigenvalue weighted by molar-refractivity contribution is 8.15. The molecule has 6 nitrogen and oxygen atoms in total. The zero-order chi connectivity index (χ0) is 18.6. The monoisotopic (exact) mass is 376 g/mol. The Morgan fingerprint density at radius 3 is 2.74 bits per heavy atom. The SMILES string of the molecule is O=C(C[C@@H]1S/C(=N\N=C/c2c[nH]c3ccccc23)NC1=O)c1ccccc1. The van der Waals surface area contributed by atoms with Gasteiger partial charge in [0, 0.05) is 34.6 Å². The standard InChI is InChI=1S/C20H16N4O2S/c25-17(13-6-2-1-3-7-13)10-18-19(26)23-20(27-18)24-22-12-14-11-21-16-9-5-4-8-15(14)16/h1-9,11-12,18,21H,10H2,(H,23,24,26)/b22-12-/t18-/m0/s1. The van der Waals surface area contributed by atoms with Crippen LogP contribution in [0, 0.1) is 0 Å². The Hall–Kier alpha value is -3.19. The van der Waals surface area contributed by atoms with Gasteiger partial charge in [-0.25, -0.2) is 0 Å². The van der Waals surface area contributed by atoms with E-state index in [2.05, 4.69) is 20.5 Å². The lowest BCUT2D eigenvalue weighted by atomic mass is 10.1. The molecular weight excluding hydrogens is 360 g/mol. The molecule has 134 valence electrons. The number of hydrogen-bond acceptors (Lipinski definition) is 5. The van der Waals surface area contributed by atoms with Gasteiger partial charge < -0.3 is 10.3 Å². The number of aromatic nitrogens is 1. The minimum absolute atomic E-state index is 0.0632. The van der Waals surface area contributed by atoms with Crippen LogP contribution in [0.5, 0.6) is 0 Å². The Morgan fingerprint density at radius 1 is 1.11 bits per heavy atom. The van der Waals surface area contributed by atoms with E-state index in [1.165, 1.54) is 11.8 Å². The third kappa shape index (κ3) is 3.83. The second kappa shape index (κ2) is 7.59. The summed E-state index contributed by atoms with van der Waals surface area (Å²) in [6, 6.07) is 16.9. The van der Waals surface area contributed by atoms with Crippen LogP contribution < -0.4 is 5.32 Å². The molecule has 2 aromatic carbocycles. The molecule has 0 aliphatic carbocycles. The molecule has 2 heterocycles. The van der Waals surface area contributed by atoms with Crippen molar-refractivity contribution in [2.45, 2.75) is 11.7 Å². The third-order valence-corrected chi connectivity index (χ3v) is 5.28. The first-order valence-corrected chi connectivity index (χ1v) is 9.31. The molecule has 1 atom stereocenters. The highest BCUT2D eigenvalue weighted by atomic mass is 32.2. The third-order valence-electron chi connectivity index (χ3n) is 4.21. The number of fused-ring (bicyclic) bond motifs is 1. The summed E-state index contributed by atoms with van der Waals surface area (Å²) in [6.45, 7) is 0. The number of nitrogens with one attached hydrogen (secondary N) is 2. The van der Waals surface area contributed by atoms with Crippen molar-refractivity contribution in [1.82, 2.24) is 10.3 Å². The van der Waals surface area contributed by atoms with Crippen molar-refractivity contribution in [3.8, 4) is 0 Å². The number of aromatic amines is 1. The van der Waals surface area contributed by atoms with Crippen LogP contribution in [0.2, 0.25) is 0 Å². The van der Waals surface area contributed by atoms with Crippen LogP contribution in [-0.2, 0) is 4.79 Å². The quantitative estimate of drug-likeness (QED) is 0.407. The van der Waals surface area contributed by atoms with E-state index >= 15 is 0 Å². The van der Waals surface area contributed by atoms with Crippen molar-refractivity contribution in [3.63, 3.8) is 0 Å². The second-order valence-electron chi connectivity index (χ2n) is 6.03. The molecule has 1 saturated heterocycles. The molecule has 1 aliphatic heterocycles. The number of thioether (sulfide) groups is 1. The molecule has 1 amide bonds. The number of amides is 1. The molecule has 1 aliphatic rings. The fourth-order valence-corrected chi connectivity index (χ4v) is 3.77. The topological polar surface area (TPSA) is 86.7 Å². The number of carbonyl (C=O) groups excluding carboxylic acids is 2. The minimum Gasteiger partial charge on any atom is -0.361 e. The molecule has 0 radical (unpaired) electrons. The van der Waals surface area contributed by atoms with Crippen LogP contribution >= 0.6 is 11.8 Å². The minimum atomic E-state index is -0.486. The first-order valence-electron chi connectivity index (χ1n) is 8.43. The first kappa shape index (κ1) is 17.2. The Labute approximate surface area is 159 Å².